The molecule has 0 aromatic heterocycles. The summed E-state index contributed by atoms with van der Waals surface area (Å²) in [6, 6.07) is 9.23. The molecule has 0 heterocycles. The molecule has 6 heteroatoms. The van der Waals surface area contributed by atoms with Crippen LogP contribution in [0.25, 0.3) is 0 Å². The van der Waals surface area contributed by atoms with Crippen molar-refractivity contribution in [2.75, 3.05) is 0 Å². The molecule has 0 aliphatic heterocycles. The summed E-state index contributed by atoms with van der Waals surface area (Å²) >= 11 is 14.9. The Morgan fingerprint density at radius 2 is 1.90 bits per heavy atom. The Morgan fingerprint density at radius 1 is 1.15 bits per heavy atom. The summed E-state index contributed by atoms with van der Waals surface area (Å²) in [6.07, 6.45) is 0. The fourth-order valence-corrected chi connectivity index (χ4v) is 2.20. The zero-order valence-corrected chi connectivity index (χ0v) is 13.2. The molecule has 0 aliphatic carbocycles. The summed E-state index contributed by atoms with van der Waals surface area (Å²) in [6.45, 7) is 0.256. The van der Waals surface area contributed by atoms with E-state index in [0.717, 1.165) is 4.47 Å². The zero-order chi connectivity index (χ0) is 14.7. The quantitative estimate of drug-likeness (QED) is 0.816. The Balaban J connectivity index is 2.04. The average Bonchev–Trinajstić information content (AvgIpc) is 2.43. The van der Waals surface area contributed by atoms with E-state index in [0.29, 0.717) is 16.1 Å². The van der Waals surface area contributed by atoms with Crippen molar-refractivity contribution in [3.63, 3.8) is 0 Å². The molecule has 2 aromatic carbocycles. The molecule has 1 N–H and O–H groups in total. The van der Waals surface area contributed by atoms with E-state index in [-0.39, 0.29) is 17.5 Å². The van der Waals surface area contributed by atoms with Gasteiger partial charge in [0.1, 0.15) is 5.82 Å². The largest absolute Gasteiger partial charge is 0.348 e. The fraction of sp³-hybridized carbons (Fsp3) is 0.0714. The third-order valence-corrected chi connectivity index (χ3v) is 4.14. The van der Waals surface area contributed by atoms with Crippen LogP contribution in [0.5, 0.6) is 0 Å². The monoisotopic (exact) mass is 375 g/mol. The Morgan fingerprint density at radius 3 is 2.55 bits per heavy atom. The first-order chi connectivity index (χ1) is 9.47. The van der Waals surface area contributed by atoms with Crippen LogP contribution in [0.4, 0.5) is 4.39 Å². The van der Waals surface area contributed by atoms with E-state index < -0.39 is 5.82 Å². The Kier molecular flexibility index (Phi) is 5.02. The van der Waals surface area contributed by atoms with Gasteiger partial charge in [0.2, 0.25) is 0 Å². The highest BCUT2D eigenvalue weighted by Gasteiger charge is 2.08. The maximum Gasteiger partial charge on any atom is 0.251 e. The minimum Gasteiger partial charge on any atom is -0.348 e. The Hall–Kier alpha value is -1.10. The van der Waals surface area contributed by atoms with E-state index in [4.69, 9.17) is 23.2 Å². The van der Waals surface area contributed by atoms with Crippen LogP contribution in [0.3, 0.4) is 0 Å². The molecular formula is C14H9BrCl2FNO. The molecule has 0 fully saturated rings. The first-order valence-corrected chi connectivity index (χ1v) is 7.19. The van der Waals surface area contributed by atoms with Gasteiger partial charge < -0.3 is 5.32 Å². The normalized spacial score (nSPS) is 10.4. The second kappa shape index (κ2) is 6.57. The highest BCUT2D eigenvalue weighted by molar-refractivity contribution is 9.10. The van der Waals surface area contributed by atoms with Crippen LogP contribution in [0.2, 0.25) is 10.0 Å². The maximum absolute atomic E-state index is 13.0. The molecule has 2 aromatic rings. The van der Waals surface area contributed by atoms with Crippen molar-refractivity contribution in [1.29, 1.82) is 0 Å². The maximum atomic E-state index is 13.0. The minimum atomic E-state index is -0.485. The molecular weight excluding hydrogens is 368 g/mol. The molecule has 0 aliphatic rings. The Labute approximate surface area is 134 Å². The summed E-state index contributed by atoms with van der Waals surface area (Å²) < 4.78 is 13.7. The molecule has 2 nitrogen and oxygen atoms in total. The van der Waals surface area contributed by atoms with E-state index >= 15 is 0 Å². The van der Waals surface area contributed by atoms with Gasteiger partial charge >= 0.3 is 0 Å². The molecule has 0 unspecified atom stereocenters. The van der Waals surface area contributed by atoms with Crippen molar-refractivity contribution in [3.8, 4) is 0 Å². The number of carbonyl (C=O) groups excluding carboxylic acids is 1. The third kappa shape index (κ3) is 3.72. The highest BCUT2D eigenvalue weighted by Crippen LogP contribution is 2.23. The van der Waals surface area contributed by atoms with Gasteiger partial charge in [0, 0.05) is 16.6 Å². The van der Waals surface area contributed by atoms with Crippen molar-refractivity contribution in [3.05, 3.63) is 67.9 Å². The van der Waals surface area contributed by atoms with E-state index in [2.05, 4.69) is 21.2 Å². The lowest BCUT2D eigenvalue weighted by atomic mass is 10.2. The van der Waals surface area contributed by atoms with Gasteiger partial charge in [0.25, 0.3) is 5.91 Å². The van der Waals surface area contributed by atoms with Crippen LogP contribution < -0.4 is 5.32 Å². The average molecular weight is 377 g/mol. The summed E-state index contributed by atoms with van der Waals surface area (Å²) in [7, 11) is 0. The lowest BCUT2D eigenvalue weighted by molar-refractivity contribution is 0.0951. The molecule has 0 bridgehead atoms. The van der Waals surface area contributed by atoms with Gasteiger partial charge in [-0.1, -0.05) is 29.3 Å². The second-order valence-electron chi connectivity index (χ2n) is 4.06. The molecule has 1 amide bonds. The standard InChI is InChI=1S/C14H9BrCl2FNO/c15-10-3-2-9(6-11(10)16)14(20)19-7-8-1-4-13(18)12(17)5-8/h1-6H,7H2,(H,19,20). The van der Waals surface area contributed by atoms with Gasteiger partial charge in [-0.25, -0.2) is 4.39 Å². The predicted molar refractivity (Wildman–Crippen MR) is 81.7 cm³/mol. The van der Waals surface area contributed by atoms with Crippen molar-refractivity contribution in [2.24, 2.45) is 0 Å². The second-order valence-corrected chi connectivity index (χ2v) is 5.73. The van der Waals surface area contributed by atoms with Crippen molar-refractivity contribution in [1.82, 2.24) is 5.32 Å². The smallest absolute Gasteiger partial charge is 0.251 e. The molecule has 104 valence electrons. The van der Waals surface area contributed by atoms with Crippen molar-refractivity contribution >= 4 is 45.0 Å². The van der Waals surface area contributed by atoms with E-state index in [1.54, 1.807) is 24.3 Å². The van der Waals surface area contributed by atoms with E-state index in [1.165, 1.54) is 12.1 Å². The number of amides is 1. The number of nitrogens with one attached hydrogen (secondary N) is 1. The summed E-state index contributed by atoms with van der Waals surface area (Å²) in [5, 5.41) is 3.21. The molecule has 20 heavy (non-hydrogen) atoms. The molecule has 0 spiro atoms. The van der Waals surface area contributed by atoms with Gasteiger partial charge in [-0.3, -0.25) is 4.79 Å². The minimum absolute atomic E-state index is 0.0310. The number of benzene rings is 2. The van der Waals surface area contributed by atoms with Gasteiger partial charge in [-0.15, -0.1) is 0 Å². The number of hydrogen-bond acceptors (Lipinski definition) is 1. The predicted octanol–water partition coefficient (Wildman–Crippen LogP) is 4.83. The number of carbonyl (C=O) groups is 1. The number of hydrogen-bond donors (Lipinski definition) is 1. The lowest BCUT2D eigenvalue weighted by Gasteiger charge is -2.07. The van der Waals surface area contributed by atoms with Crippen LogP contribution >= 0.6 is 39.1 Å². The summed E-state index contributed by atoms with van der Waals surface area (Å²) in [5.74, 6) is -0.749. The van der Waals surface area contributed by atoms with E-state index in [1.807, 2.05) is 0 Å². The summed E-state index contributed by atoms with van der Waals surface area (Å²) in [4.78, 5) is 11.9. The van der Waals surface area contributed by atoms with Gasteiger partial charge in [-0.05, 0) is 51.8 Å². The zero-order valence-electron chi connectivity index (χ0n) is 10.1. The molecule has 0 saturated heterocycles. The lowest BCUT2D eigenvalue weighted by Crippen LogP contribution is -2.22. The molecule has 0 saturated carbocycles. The van der Waals surface area contributed by atoms with E-state index in [9.17, 15) is 9.18 Å². The van der Waals surface area contributed by atoms with Crippen LogP contribution in [0, 0.1) is 5.82 Å². The van der Waals surface area contributed by atoms with Crippen LogP contribution in [-0.4, -0.2) is 5.91 Å². The highest BCUT2D eigenvalue weighted by atomic mass is 79.9. The van der Waals surface area contributed by atoms with Gasteiger partial charge in [-0.2, -0.15) is 0 Å². The van der Waals surface area contributed by atoms with Gasteiger partial charge in [0.05, 0.1) is 10.0 Å². The number of halogens is 4. The summed E-state index contributed by atoms with van der Waals surface area (Å²) in [5.41, 5.74) is 1.17. The van der Waals surface area contributed by atoms with Crippen molar-refractivity contribution < 1.29 is 9.18 Å². The van der Waals surface area contributed by atoms with Crippen LogP contribution in [0.15, 0.2) is 40.9 Å². The molecule has 0 atom stereocenters. The Bertz CT molecular complexity index is 664. The van der Waals surface area contributed by atoms with Gasteiger partial charge in [0.15, 0.2) is 0 Å². The third-order valence-electron chi connectivity index (χ3n) is 2.62. The molecule has 2 rings (SSSR count). The first-order valence-electron chi connectivity index (χ1n) is 5.64. The SMILES string of the molecule is O=C(NCc1ccc(F)c(Cl)c1)c1ccc(Br)c(Cl)c1. The van der Waals surface area contributed by atoms with Crippen molar-refractivity contribution in [2.45, 2.75) is 6.54 Å². The van der Waals surface area contributed by atoms with Crippen LogP contribution in [0.1, 0.15) is 15.9 Å². The fourth-order valence-electron chi connectivity index (χ4n) is 1.57. The van der Waals surface area contributed by atoms with Crippen LogP contribution in [-0.2, 0) is 6.54 Å². The first kappa shape index (κ1) is 15.3. The number of rotatable bonds is 3. The topological polar surface area (TPSA) is 29.1 Å². The molecule has 0 radical (unpaired) electrons.